The summed E-state index contributed by atoms with van der Waals surface area (Å²) in [5.74, 6) is -1.36. The van der Waals surface area contributed by atoms with Crippen LogP contribution in [0.2, 0.25) is 0 Å². The van der Waals surface area contributed by atoms with Crippen LogP contribution in [0.3, 0.4) is 0 Å². The van der Waals surface area contributed by atoms with Gasteiger partial charge in [0, 0.05) is 0 Å². The summed E-state index contributed by atoms with van der Waals surface area (Å²) in [6.45, 7) is 5.25. The number of esters is 1. The number of alkyl halides is 3. The van der Waals surface area contributed by atoms with Gasteiger partial charge in [-0.1, -0.05) is 18.2 Å². The summed E-state index contributed by atoms with van der Waals surface area (Å²) in [7, 11) is 0. The highest BCUT2D eigenvalue weighted by atomic mass is 19.4. The third-order valence-electron chi connectivity index (χ3n) is 4.19. The third-order valence-corrected chi connectivity index (χ3v) is 4.19. The van der Waals surface area contributed by atoms with E-state index in [1.54, 1.807) is 6.92 Å². The van der Waals surface area contributed by atoms with Crippen molar-refractivity contribution in [3.63, 3.8) is 0 Å². The van der Waals surface area contributed by atoms with E-state index in [-0.39, 0.29) is 11.6 Å². The van der Waals surface area contributed by atoms with Crippen LogP contribution in [0.4, 0.5) is 13.2 Å². The molecule has 2 aromatic carbocycles. The number of rotatable bonds is 5. The highest BCUT2D eigenvalue weighted by Crippen LogP contribution is 2.29. The van der Waals surface area contributed by atoms with Crippen LogP contribution in [-0.2, 0) is 15.7 Å². The fourth-order valence-corrected chi connectivity index (χ4v) is 2.41. The largest absolute Gasteiger partial charge is 0.452 e. The molecule has 0 spiro atoms. The van der Waals surface area contributed by atoms with E-state index in [1.165, 1.54) is 0 Å². The van der Waals surface area contributed by atoms with Crippen molar-refractivity contribution in [2.45, 2.75) is 33.0 Å². The van der Waals surface area contributed by atoms with Crippen molar-refractivity contribution in [3.05, 3.63) is 70.3 Å². The van der Waals surface area contributed by atoms with Crippen molar-refractivity contribution in [1.82, 2.24) is 5.32 Å². The van der Waals surface area contributed by atoms with Crippen molar-refractivity contribution < 1.29 is 27.5 Å². The lowest BCUT2D eigenvalue weighted by Gasteiger charge is -2.16. The average molecular weight is 379 g/mol. The SMILES string of the molecule is Cc1ccc([C@@H](C)NC(=O)COC(=O)c2ccc(C(F)(F)F)cc2)cc1C. The lowest BCUT2D eigenvalue weighted by Crippen LogP contribution is -2.31. The highest BCUT2D eigenvalue weighted by Gasteiger charge is 2.30. The fraction of sp³-hybridized carbons (Fsp3) is 0.300. The van der Waals surface area contributed by atoms with Crippen molar-refractivity contribution in [3.8, 4) is 0 Å². The number of benzene rings is 2. The maximum Gasteiger partial charge on any atom is 0.416 e. The van der Waals surface area contributed by atoms with E-state index >= 15 is 0 Å². The molecule has 0 radical (unpaired) electrons. The van der Waals surface area contributed by atoms with Crippen LogP contribution in [0.15, 0.2) is 42.5 Å². The number of ether oxygens (including phenoxy) is 1. The van der Waals surface area contributed by atoms with Gasteiger partial charge in [0.25, 0.3) is 5.91 Å². The Labute approximate surface area is 155 Å². The fourth-order valence-electron chi connectivity index (χ4n) is 2.41. The smallest absolute Gasteiger partial charge is 0.416 e. The predicted molar refractivity (Wildman–Crippen MR) is 94.2 cm³/mol. The van der Waals surface area contributed by atoms with Gasteiger partial charge in [0.15, 0.2) is 6.61 Å². The molecule has 0 aliphatic carbocycles. The van der Waals surface area contributed by atoms with Crippen LogP contribution in [0.25, 0.3) is 0 Å². The van der Waals surface area contributed by atoms with Gasteiger partial charge in [-0.25, -0.2) is 4.79 Å². The van der Waals surface area contributed by atoms with E-state index in [2.05, 4.69) is 5.32 Å². The molecule has 0 bridgehead atoms. The van der Waals surface area contributed by atoms with Gasteiger partial charge in [-0.2, -0.15) is 13.2 Å². The van der Waals surface area contributed by atoms with E-state index in [1.807, 2.05) is 32.0 Å². The summed E-state index contributed by atoms with van der Waals surface area (Å²) in [6.07, 6.45) is -4.48. The van der Waals surface area contributed by atoms with Gasteiger partial charge in [-0.3, -0.25) is 4.79 Å². The number of aryl methyl sites for hydroxylation is 2. The molecule has 0 aliphatic heterocycles. The third kappa shape index (κ3) is 5.57. The molecule has 4 nitrogen and oxygen atoms in total. The highest BCUT2D eigenvalue weighted by molar-refractivity contribution is 5.91. The summed E-state index contributed by atoms with van der Waals surface area (Å²) in [6, 6.07) is 9.16. The zero-order chi connectivity index (χ0) is 20.2. The lowest BCUT2D eigenvalue weighted by atomic mass is 10.0. The van der Waals surface area contributed by atoms with E-state index < -0.39 is 30.2 Å². The molecule has 0 aliphatic rings. The minimum absolute atomic E-state index is 0.0574. The number of carbonyl (C=O) groups excluding carboxylic acids is 2. The first-order valence-electron chi connectivity index (χ1n) is 8.29. The van der Waals surface area contributed by atoms with Gasteiger partial charge in [0.1, 0.15) is 0 Å². The summed E-state index contributed by atoms with van der Waals surface area (Å²) in [5.41, 5.74) is 2.24. The standard InChI is InChI=1S/C20H20F3NO3/c1-12-4-5-16(10-13(12)2)14(3)24-18(25)11-27-19(26)15-6-8-17(9-7-15)20(21,22)23/h4-10,14H,11H2,1-3H3,(H,24,25)/t14-/m1/s1. The Balaban J connectivity index is 1.89. The van der Waals surface area contributed by atoms with Crippen molar-refractivity contribution >= 4 is 11.9 Å². The first kappa shape index (κ1) is 20.5. The summed E-state index contributed by atoms with van der Waals surface area (Å²) in [5, 5.41) is 2.71. The monoisotopic (exact) mass is 379 g/mol. The molecule has 2 aromatic rings. The lowest BCUT2D eigenvalue weighted by molar-refractivity contribution is -0.137. The maximum atomic E-state index is 12.5. The van der Waals surface area contributed by atoms with Crippen LogP contribution in [0, 0.1) is 13.8 Å². The molecule has 1 amide bonds. The average Bonchev–Trinajstić information content (AvgIpc) is 2.61. The number of halogens is 3. The van der Waals surface area contributed by atoms with Gasteiger partial charge in [0.05, 0.1) is 17.2 Å². The molecule has 0 saturated carbocycles. The number of hydrogen-bond donors (Lipinski definition) is 1. The molecule has 7 heteroatoms. The van der Waals surface area contributed by atoms with Crippen molar-refractivity contribution in [2.24, 2.45) is 0 Å². The van der Waals surface area contributed by atoms with Gasteiger partial charge < -0.3 is 10.1 Å². The van der Waals surface area contributed by atoms with E-state index in [0.717, 1.165) is 41.0 Å². The van der Waals surface area contributed by atoms with Crippen LogP contribution in [0.1, 0.15) is 45.6 Å². The van der Waals surface area contributed by atoms with Crippen LogP contribution in [-0.4, -0.2) is 18.5 Å². The molecule has 0 heterocycles. The first-order valence-corrected chi connectivity index (χ1v) is 8.29. The summed E-state index contributed by atoms with van der Waals surface area (Å²) < 4.78 is 42.4. The number of amides is 1. The number of nitrogens with one attached hydrogen (secondary N) is 1. The summed E-state index contributed by atoms with van der Waals surface area (Å²) in [4.78, 5) is 23.8. The number of carbonyl (C=O) groups is 2. The minimum Gasteiger partial charge on any atom is -0.452 e. The Morgan fingerprint density at radius 3 is 2.22 bits per heavy atom. The van der Waals surface area contributed by atoms with Crippen LogP contribution < -0.4 is 5.32 Å². The molecule has 0 fully saturated rings. The molecule has 1 atom stereocenters. The predicted octanol–water partition coefficient (Wildman–Crippen LogP) is 4.36. The molecule has 2 rings (SSSR count). The second kappa shape index (κ2) is 8.24. The normalized spacial score (nSPS) is 12.4. The molecule has 27 heavy (non-hydrogen) atoms. The minimum atomic E-state index is -4.48. The Morgan fingerprint density at radius 2 is 1.67 bits per heavy atom. The Bertz CT molecular complexity index is 829. The maximum absolute atomic E-state index is 12.5. The van der Waals surface area contributed by atoms with Gasteiger partial charge in [-0.15, -0.1) is 0 Å². The van der Waals surface area contributed by atoms with Gasteiger partial charge in [0.2, 0.25) is 0 Å². The summed E-state index contributed by atoms with van der Waals surface area (Å²) >= 11 is 0. The van der Waals surface area contributed by atoms with Crippen LogP contribution >= 0.6 is 0 Å². The zero-order valence-electron chi connectivity index (χ0n) is 15.2. The van der Waals surface area contributed by atoms with Gasteiger partial charge in [-0.05, 0) is 61.7 Å². The Morgan fingerprint density at radius 1 is 1.04 bits per heavy atom. The molecular weight excluding hydrogens is 359 g/mol. The van der Waals surface area contributed by atoms with Crippen molar-refractivity contribution in [1.29, 1.82) is 0 Å². The zero-order valence-corrected chi connectivity index (χ0v) is 15.2. The van der Waals surface area contributed by atoms with Crippen molar-refractivity contribution in [2.75, 3.05) is 6.61 Å². The van der Waals surface area contributed by atoms with E-state index in [4.69, 9.17) is 4.74 Å². The number of hydrogen-bond acceptors (Lipinski definition) is 3. The second-order valence-electron chi connectivity index (χ2n) is 6.28. The second-order valence-corrected chi connectivity index (χ2v) is 6.28. The molecule has 0 aromatic heterocycles. The topological polar surface area (TPSA) is 55.4 Å². The Kier molecular flexibility index (Phi) is 6.25. The molecule has 1 N–H and O–H groups in total. The van der Waals surface area contributed by atoms with Crippen LogP contribution in [0.5, 0.6) is 0 Å². The first-order chi connectivity index (χ1) is 12.6. The van der Waals surface area contributed by atoms with Gasteiger partial charge >= 0.3 is 12.1 Å². The Hall–Kier alpha value is -2.83. The molecule has 0 unspecified atom stereocenters. The molecular formula is C20H20F3NO3. The quantitative estimate of drug-likeness (QED) is 0.786. The van der Waals surface area contributed by atoms with E-state index in [0.29, 0.717) is 0 Å². The molecule has 0 saturated heterocycles. The molecule has 144 valence electrons. The van der Waals surface area contributed by atoms with E-state index in [9.17, 15) is 22.8 Å².